The third-order valence-corrected chi connectivity index (χ3v) is 4.54. The molecule has 0 spiro atoms. The van der Waals surface area contributed by atoms with E-state index in [2.05, 4.69) is 5.32 Å². The minimum Gasteiger partial charge on any atom is -0.352 e. The van der Waals surface area contributed by atoms with Crippen LogP contribution in [0.5, 0.6) is 0 Å². The maximum absolute atomic E-state index is 10.9. The molecule has 0 saturated heterocycles. The molecule has 14 heavy (non-hydrogen) atoms. The highest BCUT2D eigenvalue weighted by Gasteiger charge is 2.48. The Morgan fingerprint density at radius 1 is 1.00 bits per heavy atom. The van der Waals surface area contributed by atoms with Crippen LogP contribution in [0.15, 0.2) is 0 Å². The molecule has 3 heteroatoms. The van der Waals surface area contributed by atoms with Gasteiger partial charge in [0.25, 0.3) is 0 Å². The Labute approximate surface area is 84.4 Å². The standard InChI is InChI=1S/C11H18N2O/c12-11(14)13-10-8-2-6-1-7(4-8)5-9(10)3-6/h6-10H,1-5H2,(H3,12,13,14). The van der Waals surface area contributed by atoms with E-state index in [1.807, 2.05) is 0 Å². The highest BCUT2D eigenvalue weighted by molar-refractivity contribution is 5.72. The van der Waals surface area contributed by atoms with Crippen LogP contribution < -0.4 is 11.1 Å². The number of hydrogen-bond donors (Lipinski definition) is 2. The predicted molar refractivity (Wildman–Crippen MR) is 53.6 cm³/mol. The lowest BCUT2D eigenvalue weighted by Gasteiger charge is -2.54. The molecule has 0 aromatic carbocycles. The first-order valence-electron chi connectivity index (χ1n) is 5.78. The lowest BCUT2D eigenvalue weighted by atomic mass is 9.54. The van der Waals surface area contributed by atoms with Crippen LogP contribution in [0, 0.1) is 23.7 Å². The second-order valence-corrected chi connectivity index (χ2v) is 5.47. The summed E-state index contributed by atoms with van der Waals surface area (Å²) in [6.07, 6.45) is 6.78. The Morgan fingerprint density at radius 3 is 1.93 bits per heavy atom. The quantitative estimate of drug-likeness (QED) is 0.652. The number of nitrogens with two attached hydrogens (primary N) is 1. The average Bonchev–Trinajstić information content (AvgIpc) is 2.09. The molecule has 4 fully saturated rings. The van der Waals surface area contributed by atoms with Gasteiger partial charge in [-0.15, -0.1) is 0 Å². The van der Waals surface area contributed by atoms with Gasteiger partial charge in [0.15, 0.2) is 0 Å². The van der Waals surface area contributed by atoms with Gasteiger partial charge in [-0.25, -0.2) is 4.79 Å². The van der Waals surface area contributed by atoms with Crippen LogP contribution in [-0.2, 0) is 0 Å². The van der Waals surface area contributed by atoms with E-state index in [-0.39, 0.29) is 6.03 Å². The summed E-state index contributed by atoms with van der Waals surface area (Å²) < 4.78 is 0. The van der Waals surface area contributed by atoms with Gasteiger partial charge < -0.3 is 11.1 Å². The molecule has 4 aliphatic carbocycles. The van der Waals surface area contributed by atoms with Crippen molar-refractivity contribution >= 4 is 6.03 Å². The van der Waals surface area contributed by atoms with Crippen molar-refractivity contribution < 1.29 is 4.79 Å². The van der Waals surface area contributed by atoms with Gasteiger partial charge >= 0.3 is 6.03 Å². The first kappa shape index (κ1) is 8.57. The molecule has 0 aromatic heterocycles. The van der Waals surface area contributed by atoms with Crippen LogP contribution in [0.1, 0.15) is 32.1 Å². The van der Waals surface area contributed by atoms with Gasteiger partial charge in [0.05, 0.1) is 0 Å². The normalized spacial score (nSPS) is 49.3. The molecule has 0 aliphatic heterocycles. The molecule has 0 atom stereocenters. The van der Waals surface area contributed by atoms with Crippen molar-refractivity contribution in [2.24, 2.45) is 29.4 Å². The molecule has 0 aromatic rings. The molecule has 4 rings (SSSR count). The van der Waals surface area contributed by atoms with E-state index in [1.54, 1.807) is 0 Å². The van der Waals surface area contributed by atoms with Crippen LogP contribution in [0.2, 0.25) is 0 Å². The molecule has 0 heterocycles. The monoisotopic (exact) mass is 194 g/mol. The van der Waals surface area contributed by atoms with E-state index in [9.17, 15) is 4.79 Å². The largest absolute Gasteiger partial charge is 0.352 e. The molecule has 4 bridgehead atoms. The van der Waals surface area contributed by atoms with E-state index in [1.165, 1.54) is 32.1 Å². The van der Waals surface area contributed by atoms with Gasteiger partial charge in [-0.1, -0.05) is 0 Å². The Morgan fingerprint density at radius 2 is 1.50 bits per heavy atom. The number of carbonyl (C=O) groups excluding carboxylic acids is 1. The molecule has 4 aliphatic rings. The van der Waals surface area contributed by atoms with Gasteiger partial charge in [-0.3, -0.25) is 0 Å². The van der Waals surface area contributed by atoms with Crippen LogP contribution in [-0.4, -0.2) is 12.1 Å². The van der Waals surface area contributed by atoms with Crippen LogP contribution in [0.25, 0.3) is 0 Å². The molecule has 2 amide bonds. The van der Waals surface area contributed by atoms with E-state index in [4.69, 9.17) is 5.73 Å². The summed E-state index contributed by atoms with van der Waals surface area (Å²) in [7, 11) is 0. The third-order valence-electron chi connectivity index (χ3n) is 4.54. The summed E-state index contributed by atoms with van der Waals surface area (Å²) in [6, 6.07) is 0.0720. The second-order valence-electron chi connectivity index (χ2n) is 5.47. The van der Waals surface area contributed by atoms with Crippen LogP contribution in [0.4, 0.5) is 4.79 Å². The third kappa shape index (κ3) is 1.22. The predicted octanol–water partition coefficient (Wildman–Crippen LogP) is 1.48. The fourth-order valence-electron chi connectivity index (χ4n) is 4.33. The van der Waals surface area contributed by atoms with Crippen molar-refractivity contribution in [1.82, 2.24) is 5.32 Å². The summed E-state index contributed by atoms with van der Waals surface area (Å²) in [6.45, 7) is 0. The number of nitrogens with one attached hydrogen (secondary N) is 1. The SMILES string of the molecule is NC(=O)NC1C2CC3CC(C2)CC1C3. The second kappa shape index (κ2) is 2.88. The smallest absolute Gasteiger partial charge is 0.312 e. The van der Waals surface area contributed by atoms with E-state index in [0.717, 1.165) is 23.7 Å². The van der Waals surface area contributed by atoms with E-state index >= 15 is 0 Å². The van der Waals surface area contributed by atoms with E-state index < -0.39 is 0 Å². The molecule has 0 unspecified atom stereocenters. The van der Waals surface area contributed by atoms with Gasteiger partial charge in [0.1, 0.15) is 0 Å². The molecule has 4 saturated carbocycles. The van der Waals surface area contributed by atoms with Crippen molar-refractivity contribution in [3.8, 4) is 0 Å². The summed E-state index contributed by atoms with van der Waals surface area (Å²) in [4.78, 5) is 10.9. The van der Waals surface area contributed by atoms with Crippen molar-refractivity contribution in [2.45, 2.75) is 38.1 Å². The zero-order valence-electron chi connectivity index (χ0n) is 8.41. The van der Waals surface area contributed by atoms with Crippen molar-refractivity contribution in [1.29, 1.82) is 0 Å². The lowest BCUT2D eigenvalue weighted by Crippen LogP contribution is -2.56. The minimum absolute atomic E-state index is 0.331. The van der Waals surface area contributed by atoms with Gasteiger partial charge in [-0.2, -0.15) is 0 Å². The van der Waals surface area contributed by atoms with E-state index in [0.29, 0.717) is 6.04 Å². The topological polar surface area (TPSA) is 55.1 Å². The number of amides is 2. The number of urea groups is 1. The Bertz CT molecular complexity index is 236. The number of rotatable bonds is 1. The molecule has 0 radical (unpaired) electrons. The van der Waals surface area contributed by atoms with Crippen molar-refractivity contribution in [3.05, 3.63) is 0 Å². The van der Waals surface area contributed by atoms with Gasteiger partial charge in [0, 0.05) is 6.04 Å². The first-order valence-corrected chi connectivity index (χ1v) is 5.78. The summed E-state index contributed by atoms with van der Waals surface area (Å²) >= 11 is 0. The zero-order valence-corrected chi connectivity index (χ0v) is 8.41. The fraction of sp³-hybridized carbons (Fsp3) is 0.909. The van der Waals surface area contributed by atoms with Crippen molar-refractivity contribution in [3.63, 3.8) is 0 Å². The van der Waals surface area contributed by atoms with Crippen LogP contribution in [0.3, 0.4) is 0 Å². The Balaban J connectivity index is 1.77. The molecular weight excluding hydrogens is 176 g/mol. The molecule has 3 N–H and O–H groups in total. The maximum Gasteiger partial charge on any atom is 0.312 e. The fourth-order valence-corrected chi connectivity index (χ4v) is 4.33. The summed E-state index contributed by atoms with van der Waals surface area (Å²) in [5.41, 5.74) is 5.22. The van der Waals surface area contributed by atoms with Gasteiger partial charge in [-0.05, 0) is 55.8 Å². The lowest BCUT2D eigenvalue weighted by molar-refractivity contribution is -0.00903. The highest BCUT2D eigenvalue weighted by atomic mass is 16.2. The number of hydrogen-bond acceptors (Lipinski definition) is 1. The Kier molecular flexibility index (Phi) is 1.76. The summed E-state index contributed by atoms with van der Waals surface area (Å²) in [5.74, 6) is 3.39. The molecule has 78 valence electrons. The maximum atomic E-state index is 10.9. The minimum atomic E-state index is -0.331. The Hall–Kier alpha value is -0.730. The molecule has 3 nitrogen and oxygen atoms in total. The zero-order chi connectivity index (χ0) is 9.71. The van der Waals surface area contributed by atoms with Crippen molar-refractivity contribution in [2.75, 3.05) is 0 Å². The summed E-state index contributed by atoms with van der Waals surface area (Å²) in [5, 5.41) is 2.96. The highest BCUT2D eigenvalue weighted by Crippen LogP contribution is 2.53. The average molecular weight is 194 g/mol. The first-order chi connectivity index (χ1) is 6.72. The number of carbonyl (C=O) groups is 1. The van der Waals surface area contributed by atoms with Crippen LogP contribution >= 0.6 is 0 Å². The molecular formula is C11H18N2O. The van der Waals surface area contributed by atoms with Gasteiger partial charge in [0.2, 0.25) is 0 Å². The number of primary amides is 1.